The third kappa shape index (κ3) is 4.46. The van der Waals surface area contributed by atoms with Crippen LogP contribution in [0.25, 0.3) is 0 Å². The van der Waals surface area contributed by atoms with E-state index < -0.39 is 5.97 Å². The molecule has 0 aliphatic rings. The minimum atomic E-state index is -0.405. The first-order chi connectivity index (χ1) is 10.1. The van der Waals surface area contributed by atoms with E-state index in [-0.39, 0.29) is 5.96 Å². The van der Waals surface area contributed by atoms with Crippen LogP contribution in [0.4, 0.5) is 0 Å². The van der Waals surface area contributed by atoms with Gasteiger partial charge in [0.1, 0.15) is 5.75 Å². The summed E-state index contributed by atoms with van der Waals surface area (Å²) < 4.78 is 5.25. The monoisotopic (exact) mass is 282 g/mol. The van der Waals surface area contributed by atoms with Gasteiger partial charge < -0.3 is 16.2 Å². The molecule has 2 aromatic rings. The Balaban J connectivity index is 2.01. The van der Waals surface area contributed by atoms with E-state index in [1.165, 1.54) is 6.21 Å². The molecule has 0 atom stereocenters. The molecule has 0 aromatic heterocycles. The number of hydrogen-bond acceptors (Lipinski definition) is 4. The lowest BCUT2D eigenvalue weighted by molar-refractivity contribution is 0.0735. The van der Waals surface area contributed by atoms with Crippen molar-refractivity contribution < 1.29 is 9.53 Å². The molecule has 21 heavy (non-hydrogen) atoms. The molecule has 0 aliphatic carbocycles. The Labute approximate surface area is 121 Å². The van der Waals surface area contributed by atoms with E-state index in [4.69, 9.17) is 16.2 Å². The largest absolute Gasteiger partial charge is 0.423 e. The summed E-state index contributed by atoms with van der Waals surface area (Å²) in [5.41, 5.74) is 11.6. The number of rotatable bonds is 4. The number of carbonyl (C=O) groups excluding carboxylic acids is 1. The van der Waals surface area contributed by atoms with Gasteiger partial charge in [0.25, 0.3) is 0 Å². The van der Waals surface area contributed by atoms with Crippen LogP contribution < -0.4 is 16.2 Å². The Morgan fingerprint density at radius 2 is 1.67 bits per heavy atom. The number of ether oxygens (including phenoxy) is 1. The van der Waals surface area contributed by atoms with Gasteiger partial charge in [0.05, 0.1) is 11.8 Å². The topological polar surface area (TPSA) is 103 Å². The first-order valence-electron chi connectivity index (χ1n) is 6.14. The van der Waals surface area contributed by atoms with Crippen LogP contribution in [0.5, 0.6) is 5.75 Å². The van der Waals surface area contributed by atoms with Gasteiger partial charge in [-0.25, -0.2) is 4.79 Å². The van der Waals surface area contributed by atoms with Gasteiger partial charge in [-0.15, -0.1) is 5.10 Å². The number of guanidine groups is 1. The second-order valence-corrected chi connectivity index (χ2v) is 4.09. The van der Waals surface area contributed by atoms with E-state index in [9.17, 15) is 4.79 Å². The van der Waals surface area contributed by atoms with Gasteiger partial charge in [0, 0.05) is 0 Å². The molecule has 0 heterocycles. The molecule has 106 valence electrons. The maximum absolute atomic E-state index is 11.9. The summed E-state index contributed by atoms with van der Waals surface area (Å²) in [4.78, 5) is 11.9. The summed E-state index contributed by atoms with van der Waals surface area (Å²) in [7, 11) is 0. The van der Waals surface area contributed by atoms with Crippen LogP contribution in [0.1, 0.15) is 15.9 Å². The lowest BCUT2D eigenvalue weighted by atomic mass is 10.2. The molecule has 6 heteroatoms. The summed E-state index contributed by atoms with van der Waals surface area (Å²) in [5, 5.41) is 7.17. The second kappa shape index (κ2) is 6.85. The third-order valence-corrected chi connectivity index (χ3v) is 2.48. The molecule has 0 saturated carbocycles. The van der Waals surface area contributed by atoms with Gasteiger partial charge in [0.2, 0.25) is 5.96 Å². The quantitative estimate of drug-likeness (QED) is 0.291. The van der Waals surface area contributed by atoms with Gasteiger partial charge in [-0.05, 0) is 42.0 Å². The average molecular weight is 282 g/mol. The van der Waals surface area contributed by atoms with Gasteiger partial charge in [-0.2, -0.15) is 5.10 Å². The molecule has 0 aliphatic heterocycles. The number of nitrogens with zero attached hydrogens (tertiary/aromatic N) is 2. The standard InChI is InChI=1S/C15H14N4O2/c16-15(17)19-18-10-11-6-8-13(9-7-11)21-14(20)12-4-2-1-3-5-12/h1-10H,(H4,16,17,19)/b18-10-. The normalized spacial score (nSPS) is 10.3. The Kier molecular flexibility index (Phi) is 4.66. The highest BCUT2D eigenvalue weighted by Crippen LogP contribution is 2.13. The lowest BCUT2D eigenvalue weighted by Crippen LogP contribution is -2.21. The number of carbonyl (C=O) groups is 1. The van der Waals surface area contributed by atoms with Crippen LogP contribution in [-0.4, -0.2) is 18.1 Å². The van der Waals surface area contributed by atoms with Crippen LogP contribution in [0.3, 0.4) is 0 Å². The lowest BCUT2D eigenvalue weighted by Gasteiger charge is -2.04. The van der Waals surface area contributed by atoms with Crippen LogP contribution in [0.15, 0.2) is 64.8 Å². The van der Waals surface area contributed by atoms with Crippen molar-refractivity contribution in [3.05, 3.63) is 65.7 Å². The van der Waals surface area contributed by atoms with E-state index in [1.54, 1.807) is 48.5 Å². The van der Waals surface area contributed by atoms with Crippen molar-refractivity contribution in [1.29, 1.82) is 0 Å². The Bertz CT molecular complexity index is 660. The number of benzene rings is 2. The molecule has 0 amide bonds. The minimum absolute atomic E-state index is 0.111. The first kappa shape index (κ1) is 14.3. The molecule has 2 rings (SSSR count). The van der Waals surface area contributed by atoms with Crippen molar-refractivity contribution in [3.63, 3.8) is 0 Å². The van der Waals surface area contributed by atoms with Crippen molar-refractivity contribution >= 4 is 18.1 Å². The molecular formula is C15H14N4O2. The van der Waals surface area contributed by atoms with Gasteiger partial charge in [-0.1, -0.05) is 18.2 Å². The fraction of sp³-hybridized carbons (Fsp3) is 0. The minimum Gasteiger partial charge on any atom is -0.423 e. The van der Waals surface area contributed by atoms with E-state index >= 15 is 0 Å². The van der Waals surface area contributed by atoms with Crippen molar-refractivity contribution in [2.45, 2.75) is 0 Å². The van der Waals surface area contributed by atoms with E-state index in [2.05, 4.69) is 10.2 Å². The molecule has 0 spiro atoms. The zero-order valence-electron chi connectivity index (χ0n) is 11.1. The van der Waals surface area contributed by atoms with Crippen molar-refractivity contribution in [3.8, 4) is 5.75 Å². The van der Waals surface area contributed by atoms with Gasteiger partial charge in [0.15, 0.2) is 0 Å². The number of esters is 1. The van der Waals surface area contributed by atoms with Crippen molar-refractivity contribution in [2.75, 3.05) is 0 Å². The van der Waals surface area contributed by atoms with Crippen molar-refractivity contribution in [1.82, 2.24) is 0 Å². The second-order valence-electron chi connectivity index (χ2n) is 4.09. The molecule has 0 unspecified atom stereocenters. The molecular weight excluding hydrogens is 268 g/mol. The summed E-state index contributed by atoms with van der Waals surface area (Å²) in [6.07, 6.45) is 1.49. The van der Waals surface area contributed by atoms with Gasteiger partial charge >= 0.3 is 5.97 Å². The van der Waals surface area contributed by atoms with Gasteiger partial charge in [-0.3, -0.25) is 0 Å². The molecule has 0 fully saturated rings. The molecule has 0 radical (unpaired) electrons. The molecule has 0 bridgehead atoms. The first-order valence-corrected chi connectivity index (χ1v) is 6.14. The number of hydrogen-bond donors (Lipinski definition) is 2. The maximum atomic E-state index is 11.9. The zero-order valence-corrected chi connectivity index (χ0v) is 11.1. The van der Waals surface area contributed by atoms with Crippen LogP contribution in [0, 0.1) is 0 Å². The summed E-state index contributed by atoms with van der Waals surface area (Å²) >= 11 is 0. The fourth-order valence-electron chi connectivity index (χ4n) is 1.52. The molecule has 4 N–H and O–H groups in total. The zero-order chi connectivity index (χ0) is 15.1. The SMILES string of the molecule is NC(N)=N/N=C\c1ccc(OC(=O)c2ccccc2)cc1. The maximum Gasteiger partial charge on any atom is 0.343 e. The van der Waals surface area contributed by atoms with Crippen LogP contribution in [0.2, 0.25) is 0 Å². The fourth-order valence-corrected chi connectivity index (χ4v) is 1.52. The van der Waals surface area contributed by atoms with Crippen molar-refractivity contribution in [2.24, 2.45) is 21.7 Å². The summed E-state index contributed by atoms with van der Waals surface area (Å²) in [5.74, 6) is -0.0694. The Hall–Kier alpha value is -3.15. The van der Waals surface area contributed by atoms with E-state index in [0.29, 0.717) is 11.3 Å². The predicted molar refractivity (Wildman–Crippen MR) is 81.2 cm³/mol. The smallest absolute Gasteiger partial charge is 0.343 e. The Morgan fingerprint density at radius 3 is 2.29 bits per heavy atom. The highest BCUT2D eigenvalue weighted by Gasteiger charge is 2.07. The highest BCUT2D eigenvalue weighted by atomic mass is 16.5. The summed E-state index contributed by atoms with van der Waals surface area (Å²) in [6.45, 7) is 0. The summed E-state index contributed by atoms with van der Waals surface area (Å²) in [6, 6.07) is 15.6. The molecule has 6 nitrogen and oxygen atoms in total. The van der Waals surface area contributed by atoms with E-state index in [0.717, 1.165) is 5.56 Å². The predicted octanol–water partition coefficient (Wildman–Crippen LogP) is 1.51. The molecule has 2 aromatic carbocycles. The highest BCUT2D eigenvalue weighted by molar-refractivity contribution is 5.91. The number of nitrogens with two attached hydrogens (primary N) is 2. The van der Waals surface area contributed by atoms with E-state index in [1.807, 2.05) is 6.07 Å². The Morgan fingerprint density at radius 1 is 1.00 bits per heavy atom. The van der Waals surface area contributed by atoms with Crippen LogP contribution >= 0.6 is 0 Å². The average Bonchev–Trinajstić information content (AvgIpc) is 2.49. The van der Waals surface area contributed by atoms with Crippen LogP contribution in [-0.2, 0) is 0 Å². The molecule has 0 saturated heterocycles. The third-order valence-electron chi connectivity index (χ3n) is 2.48.